The van der Waals surface area contributed by atoms with E-state index in [4.69, 9.17) is 20.2 Å². The van der Waals surface area contributed by atoms with Crippen LogP contribution in [0, 0.1) is 17.8 Å². The third-order valence-electron chi connectivity index (χ3n) is 12.7. The molecule has 3 aliphatic heterocycles. The lowest BCUT2D eigenvalue weighted by molar-refractivity contribution is -0.145. The van der Waals surface area contributed by atoms with E-state index in [1.54, 1.807) is 12.0 Å². The molecule has 0 spiro atoms. The average molecular weight is 827 g/mol. The fourth-order valence-electron chi connectivity index (χ4n) is 8.91. The number of methoxy groups -OCH3 is 1. The second-order valence-electron chi connectivity index (χ2n) is 16.9. The summed E-state index contributed by atoms with van der Waals surface area (Å²) in [5, 5.41) is 3.05. The summed E-state index contributed by atoms with van der Waals surface area (Å²) in [6.07, 6.45) is 8.93. The zero-order chi connectivity index (χ0) is 41.3. The number of allylic oxidation sites excluding steroid dienone is 1. The summed E-state index contributed by atoms with van der Waals surface area (Å²) in [7, 11) is -2.31. The molecule has 14 nitrogen and oxygen atoms in total. The number of aromatic nitrogens is 1. The summed E-state index contributed by atoms with van der Waals surface area (Å²) in [5.74, 6) is -1.48. The van der Waals surface area contributed by atoms with Crippen molar-refractivity contribution in [3.05, 3.63) is 66.7 Å². The number of fused-ring (bicyclic) bond motifs is 3. The number of nitrogens with one attached hydrogen (secondary N) is 2. The van der Waals surface area contributed by atoms with E-state index < -0.39 is 56.6 Å². The number of nitrogens with two attached hydrogens (primary N) is 1. The van der Waals surface area contributed by atoms with Crippen LogP contribution in [0.4, 0.5) is 0 Å². The van der Waals surface area contributed by atoms with Gasteiger partial charge in [-0.3, -0.25) is 23.9 Å². The van der Waals surface area contributed by atoms with Crippen molar-refractivity contribution >= 4 is 44.6 Å². The molecule has 4 fully saturated rings. The van der Waals surface area contributed by atoms with Crippen LogP contribution in [0.5, 0.6) is 11.5 Å². The molecule has 15 heteroatoms. The van der Waals surface area contributed by atoms with Gasteiger partial charge in [0.15, 0.2) is 0 Å². The lowest BCUT2D eigenvalue weighted by Crippen LogP contribution is -2.57. The number of carbonyl (C=O) groups excluding carboxylic acids is 4. The normalized spacial score (nSPS) is 27.6. The predicted octanol–water partition coefficient (Wildman–Crippen LogP) is 4.08. The molecule has 59 heavy (non-hydrogen) atoms. The molecule has 0 radical (unpaired) electrons. The van der Waals surface area contributed by atoms with Crippen LogP contribution in [0.1, 0.15) is 70.6 Å². The third kappa shape index (κ3) is 8.82. The lowest BCUT2D eigenvalue weighted by Gasteiger charge is -2.30. The van der Waals surface area contributed by atoms with Crippen LogP contribution in [0.25, 0.3) is 22.2 Å². The predicted molar refractivity (Wildman–Crippen MR) is 221 cm³/mol. The van der Waals surface area contributed by atoms with Gasteiger partial charge in [-0.25, -0.2) is 13.4 Å². The van der Waals surface area contributed by atoms with Gasteiger partial charge < -0.3 is 30.3 Å². The number of sulfonamides is 1. The molecule has 2 saturated heterocycles. The van der Waals surface area contributed by atoms with Gasteiger partial charge in [0, 0.05) is 60.8 Å². The summed E-state index contributed by atoms with van der Waals surface area (Å²) >= 11 is 0. The Hall–Kier alpha value is -5.02. The van der Waals surface area contributed by atoms with Gasteiger partial charge in [0.1, 0.15) is 29.2 Å². The highest BCUT2D eigenvalue weighted by atomic mass is 32.2. The Morgan fingerprint density at radius 1 is 1.02 bits per heavy atom. The Morgan fingerprint density at radius 2 is 1.83 bits per heavy atom. The molecule has 4 heterocycles. The van der Waals surface area contributed by atoms with Crippen molar-refractivity contribution in [3.63, 3.8) is 0 Å². The Balaban J connectivity index is 1.12. The molecule has 5 aliphatic rings. The van der Waals surface area contributed by atoms with E-state index in [0.29, 0.717) is 61.6 Å². The summed E-state index contributed by atoms with van der Waals surface area (Å²) in [6, 6.07) is 16.0. The van der Waals surface area contributed by atoms with Crippen molar-refractivity contribution in [1.82, 2.24) is 24.8 Å². The molecule has 1 aromatic heterocycles. The Morgan fingerprint density at radius 3 is 2.58 bits per heavy atom. The molecule has 3 aromatic rings. The Bertz CT molecular complexity index is 2230. The van der Waals surface area contributed by atoms with Crippen molar-refractivity contribution in [2.45, 2.75) is 93.6 Å². The van der Waals surface area contributed by atoms with E-state index in [0.717, 1.165) is 43.1 Å². The number of amides is 4. The van der Waals surface area contributed by atoms with Crippen LogP contribution >= 0.6 is 0 Å². The first kappa shape index (κ1) is 40.7. The summed E-state index contributed by atoms with van der Waals surface area (Å²) < 4.78 is 40.4. The summed E-state index contributed by atoms with van der Waals surface area (Å²) in [5.41, 5.74) is 6.62. The Kier molecular flexibility index (Phi) is 11.7. The second-order valence-corrected chi connectivity index (χ2v) is 18.8. The van der Waals surface area contributed by atoms with Crippen LogP contribution in [0.2, 0.25) is 0 Å². The number of rotatable bonds is 10. The molecule has 2 aromatic carbocycles. The van der Waals surface area contributed by atoms with Crippen molar-refractivity contribution in [2.75, 3.05) is 33.3 Å². The van der Waals surface area contributed by atoms with Crippen LogP contribution in [-0.2, 0) is 29.2 Å². The molecule has 314 valence electrons. The molecule has 0 unspecified atom stereocenters. The van der Waals surface area contributed by atoms with Crippen molar-refractivity contribution < 1.29 is 37.1 Å². The highest BCUT2D eigenvalue weighted by molar-refractivity contribution is 7.91. The van der Waals surface area contributed by atoms with E-state index in [9.17, 15) is 27.6 Å². The van der Waals surface area contributed by atoms with E-state index in [1.807, 2.05) is 66.7 Å². The van der Waals surface area contributed by atoms with E-state index in [1.165, 1.54) is 4.90 Å². The number of pyridine rings is 1. The van der Waals surface area contributed by atoms with Crippen LogP contribution in [0.15, 0.2) is 66.7 Å². The van der Waals surface area contributed by atoms with Gasteiger partial charge >= 0.3 is 0 Å². The summed E-state index contributed by atoms with van der Waals surface area (Å²) in [4.78, 5) is 65.4. The number of carbonyl (C=O) groups is 4. The number of likely N-dealkylation sites (tertiary alicyclic amines) is 1. The quantitative estimate of drug-likeness (QED) is 0.251. The number of ether oxygens (including phenoxy) is 2. The summed E-state index contributed by atoms with van der Waals surface area (Å²) in [6.45, 7) is 1.70. The van der Waals surface area contributed by atoms with Gasteiger partial charge in [-0.2, -0.15) is 0 Å². The van der Waals surface area contributed by atoms with E-state index in [2.05, 4.69) is 10.0 Å². The minimum Gasteiger partial charge on any atom is -0.497 e. The van der Waals surface area contributed by atoms with Crippen molar-refractivity contribution in [1.29, 1.82) is 0 Å². The minimum absolute atomic E-state index is 0.0110. The van der Waals surface area contributed by atoms with Crippen molar-refractivity contribution in [3.8, 4) is 22.8 Å². The standard InChI is InChI=1S/C44H54N6O8S/c1-57-32-14-17-35-37(21-32)46-36(29-10-7-5-8-11-29)23-39(35)58-33-22-38-41(52)47-44(43(54)48-59(55,56)34-15-16-34)24-31(44)13-9-4-2-3-6-12-30(42(53)50(38)27-33)20-40(51)49-19-18-28(25-45)26-49/h5,7-11,13-14,17,21,23,28,30-31,33-34,38H,2-4,6,12,15-16,18-20,22,24-27,45H2,1H3,(H,47,52)(H,48,54)/t28-,30+,31+,33+,38-,44+/m0/s1. The van der Waals surface area contributed by atoms with Crippen LogP contribution in [0.3, 0.4) is 0 Å². The SMILES string of the molecule is COc1ccc2c(O[C@@H]3C[C@H]4C(=O)N[C@]5(C(=O)NS(=O)(=O)C6CC6)C[C@H]5C=CCCCCC[C@H](CC(=O)N5CC[C@@H](CN)C5)C(=O)N4C3)cc(-c3ccccc3)nc2c1. The molecule has 4 amide bonds. The van der Waals surface area contributed by atoms with Gasteiger partial charge in [0.2, 0.25) is 27.7 Å². The van der Waals surface area contributed by atoms with Crippen LogP contribution < -0.4 is 25.2 Å². The Labute approximate surface area is 345 Å². The van der Waals surface area contributed by atoms with Crippen LogP contribution in [-0.4, -0.2) is 103 Å². The lowest BCUT2D eigenvalue weighted by atomic mass is 9.94. The fourth-order valence-corrected chi connectivity index (χ4v) is 10.3. The average Bonchev–Trinajstić information content (AvgIpc) is 4.12. The number of nitrogens with zero attached hydrogens (tertiary/aromatic N) is 3. The fraction of sp³-hybridized carbons (Fsp3) is 0.523. The molecule has 6 atom stereocenters. The maximum atomic E-state index is 14.9. The first-order valence-corrected chi connectivity index (χ1v) is 22.6. The number of hydrogen-bond acceptors (Lipinski definition) is 10. The molecule has 2 saturated carbocycles. The maximum Gasteiger partial charge on any atom is 0.259 e. The highest BCUT2D eigenvalue weighted by Gasteiger charge is 2.62. The molecule has 2 aliphatic carbocycles. The van der Waals surface area contributed by atoms with Gasteiger partial charge in [-0.05, 0) is 69.5 Å². The first-order valence-electron chi connectivity index (χ1n) is 21.0. The molecule has 8 rings (SSSR count). The van der Waals surface area contributed by atoms with Gasteiger partial charge in [0.25, 0.3) is 5.91 Å². The highest BCUT2D eigenvalue weighted by Crippen LogP contribution is 2.46. The smallest absolute Gasteiger partial charge is 0.259 e. The largest absolute Gasteiger partial charge is 0.497 e. The third-order valence-corrected chi connectivity index (χ3v) is 14.5. The number of hydrogen-bond donors (Lipinski definition) is 3. The maximum absolute atomic E-state index is 14.9. The molecular formula is C44H54N6O8S. The van der Waals surface area contributed by atoms with Crippen molar-refractivity contribution in [2.24, 2.45) is 23.5 Å². The van der Waals surface area contributed by atoms with E-state index >= 15 is 0 Å². The zero-order valence-corrected chi connectivity index (χ0v) is 34.3. The minimum atomic E-state index is -3.89. The first-order chi connectivity index (χ1) is 28.5. The van der Waals surface area contributed by atoms with Gasteiger partial charge in [-0.1, -0.05) is 55.3 Å². The topological polar surface area (TPSA) is 190 Å². The van der Waals surface area contributed by atoms with Gasteiger partial charge in [-0.15, -0.1) is 0 Å². The number of benzene rings is 2. The monoisotopic (exact) mass is 826 g/mol. The molecule has 0 bridgehead atoms. The second kappa shape index (κ2) is 16.9. The molecular weight excluding hydrogens is 773 g/mol. The zero-order valence-electron chi connectivity index (χ0n) is 33.5. The van der Waals surface area contributed by atoms with E-state index in [-0.39, 0.29) is 43.5 Å². The van der Waals surface area contributed by atoms with Gasteiger partial charge in [0.05, 0.1) is 30.1 Å². The molecule has 4 N–H and O–H groups in total.